The Morgan fingerprint density at radius 3 is 2.23 bits per heavy atom. The minimum Gasteiger partial charge on any atom is -0.547 e. The summed E-state index contributed by atoms with van der Waals surface area (Å²) in [6, 6.07) is 0. The van der Waals surface area contributed by atoms with Crippen LogP contribution in [0, 0.1) is 0 Å². The van der Waals surface area contributed by atoms with Gasteiger partial charge in [-0.3, -0.25) is 0 Å². The molecule has 0 unspecified atom stereocenters. The SMILES string of the molecule is CCCCCCCCO[C@@H]1O[C@H](C(=O)[O-])[C@@H](O)[C@H](O)[C@H]1O.[Na+]. The first kappa shape index (κ1) is 22.3. The minimum absolute atomic E-state index is 0. The molecule has 0 bridgehead atoms. The van der Waals surface area contributed by atoms with Crippen LogP contribution in [-0.2, 0) is 14.3 Å². The first-order valence-corrected chi connectivity index (χ1v) is 7.51. The molecule has 22 heavy (non-hydrogen) atoms. The number of hydrogen-bond acceptors (Lipinski definition) is 7. The maximum absolute atomic E-state index is 10.8. The van der Waals surface area contributed by atoms with Gasteiger partial charge >= 0.3 is 29.6 Å². The fourth-order valence-corrected chi connectivity index (χ4v) is 2.26. The molecule has 1 aliphatic heterocycles. The largest absolute Gasteiger partial charge is 1.00 e. The number of carboxylic acids is 1. The number of hydrogen-bond donors (Lipinski definition) is 3. The number of carbonyl (C=O) groups excluding carboxylic acids is 1. The summed E-state index contributed by atoms with van der Waals surface area (Å²) in [5, 5.41) is 39.6. The monoisotopic (exact) mass is 328 g/mol. The van der Waals surface area contributed by atoms with E-state index in [0.717, 1.165) is 25.7 Å². The van der Waals surface area contributed by atoms with Gasteiger partial charge in [0.05, 0.1) is 5.97 Å². The molecule has 0 radical (unpaired) electrons. The molecule has 1 rings (SSSR count). The van der Waals surface area contributed by atoms with Crippen molar-refractivity contribution in [3.05, 3.63) is 0 Å². The van der Waals surface area contributed by atoms with Crippen molar-refractivity contribution in [2.24, 2.45) is 0 Å². The van der Waals surface area contributed by atoms with Crippen molar-refractivity contribution in [2.75, 3.05) is 6.61 Å². The van der Waals surface area contributed by atoms with E-state index in [1.54, 1.807) is 0 Å². The molecule has 0 aliphatic carbocycles. The van der Waals surface area contributed by atoms with Crippen LogP contribution in [0.15, 0.2) is 0 Å². The van der Waals surface area contributed by atoms with Crippen LogP contribution in [0.5, 0.6) is 0 Å². The Morgan fingerprint density at radius 2 is 1.64 bits per heavy atom. The Kier molecular flexibility index (Phi) is 11.9. The van der Waals surface area contributed by atoms with Crippen LogP contribution in [0.1, 0.15) is 45.4 Å². The molecule has 5 atom stereocenters. The molecule has 0 aromatic carbocycles. The Morgan fingerprint density at radius 1 is 1.05 bits per heavy atom. The van der Waals surface area contributed by atoms with E-state index in [1.807, 2.05) is 0 Å². The zero-order chi connectivity index (χ0) is 15.8. The molecule has 1 saturated heterocycles. The summed E-state index contributed by atoms with van der Waals surface area (Å²) in [6.07, 6.45) is -1.51. The van der Waals surface area contributed by atoms with Crippen LogP contribution in [-0.4, -0.2) is 58.6 Å². The van der Waals surface area contributed by atoms with E-state index in [9.17, 15) is 25.2 Å². The molecule has 124 valence electrons. The summed E-state index contributed by atoms with van der Waals surface area (Å²) in [5.74, 6) is -1.65. The molecule has 7 nitrogen and oxygen atoms in total. The second kappa shape index (κ2) is 11.8. The molecular weight excluding hydrogens is 303 g/mol. The molecule has 0 saturated carbocycles. The van der Waals surface area contributed by atoms with Crippen molar-refractivity contribution in [3.8, 4) is 0 Å². The van der Waals surface area contributed by atoms with Gasteiger partial charge in [-0.15, -0.1) is 0 Å². The number of carboxylic acid groups (broad SMARTS) is 1. The molecule has 8 heteroatoms. The zero-order valence-electron chi connectivity index (χ0n) is 13.3. The normalized spacial score (nSPS) is 31.5. The third-order valence-electron chi connectivity index (χ3n) is 3.58. The summed E-state index contributed by atoms with van der Waals surface area (Å²) >= 11 is 0. The van der Waals surface area contributed by atoms with Gasteiger partial charge in [-0.1, -0.05) is 39.0 Å². The standard InChI is InChI=1S/C14H26O7.Na/c1-2-3-4-5-6-7-8-20-14-11(17)9(15)10(16)12(21-14)13(18)19;/h9-12,14-17H,2-8H2,1H3,(H,18,19);/q;+1/p-1/t9-,10-,11+,12-,14+;/m0./s1. The fourth-order valence-electron chi connectivity index (χ4n) is 2.26. The zero-order valence-corrected chi connectivity index (χ0v) is 15.3. The van der Waals surface area contributed by atoms with Crippen molar-refractivity contribution >= 4 is 5.97 Å². The number of rotatable bonds is 9. The Labute approximate surface area is 152 Å². The van der Waals surface area contributed by atoms with Crippen LogP contribution >= 0.6 is 0 Å². The van der Waals surface area contributed by atoms with E-state index in [4.69, 9.17) is 9.47 Å². The molecule has 0 aromatic rings. The average Bonchev–Trinajstić information content (AvgIpc) is 2.45. The van der Waals surface area contributed by atoms with Crippen LogP contribution in [0.2, 0.25) is 0 Å². The summed E-state index contributed by atoms with van der Waals surface area (Å²) in [6.45, 7) is 2.43. The van der Waals surface area contributed by atoms with E-state index in [2.05, 4.69) is 6.92 Å². The molecule has 1 aliphatic rings. The van der Waals surface area contributed by atoms with Crippen LogP contribution < -0.4 is 34.7 Å². The second-order valence-corrected chi connectivity index (χ2v) is 5.35. The summed E-state index contributed by atoms with van der Waals surface area (Å²) < 4.78 is 10.2. The number of carbonyl (C=O) groups is 1. The van der Waals surface area contributed by atoms with Crippen molar-refractivity contribution < 1.29 is 64.3 Å². The van der Waals surface area contributed by atoms with E-state index in [1.165, 1.54) is 12.8 Å². The van der Waals surface area contributed by atoms with Crippen molar-refractivity contribution in [3.63, 3.8) is 0 Å². The Bertz CT molecular complexity index is 316. The second-order valence-electron chi connectivity index (χ2n) is 5.35. The minimum atomic E-state index is -1.74. The smallest absolute Gasteiger partial charge is 0.547 e. The number of ether oxygens (including phenoxy) is 2. The third-order valence-corrected chi connectivity index (χ3v) is 3.58. The van der Waals surface area contributed by atoms with Gasteiger partial charge in [0.15, 0.2) is 6.29 Å². The quantitative estimate of drug-likeness (QED) is 0.291. The molecule has 3 N–H and O–H groups in total. The summed E-state index contributed by atoms with van der Waals surface area (Å²) in [7, 11) is 0. The van der Waals surface area contributed by atoms with Gasteiger partial charge in [0.2, 0.25) is 0 Å². The summed E-state index contributed by atoms with van der Waals surface area (Å²) in [5.41, 5.74) is 0. The first-order chi connectivity index (χ1) is 9.99. The predicted octanol–water partition coefficient (Wildman–Crippen LogP) is -4.07. The van der Waals surface area contributed by atoms with Crippen LogP contribution in [0.25, 0.3) is 0 Å². The van der Waals surface area contributed by atoms with Crippen molar-refractivity contribution in [2.45, 2.75) is 76.2 Å². The third kappa shape index (κ3) is 6.80. The van der Waals surface area contributed by atoms with Gasteiger partial charge in [0.1, 0.15) is 24.4 Å². The molecule has 1 fully saturated rings. The fraction of sp³-hybridized carbons (Fsp3) is 0.929. The molecule has 1 heterocycles. The van der Waals surface area contributed by atoms with E-state index < -0.39 is 36.7 Å². The van der Waals surface area contributed by atoms with Crippen LogP contribution in [0.4, 0.5) is 0 Å². The van der Waals surface area contributed by atoms with E-state index in [-0.39, 0.29) is 36.2 Å². The maximum Gasteiger partial charge on any atom is 1.00 e. The number of aliphatic hydroxyl groups excluding tert-OH is 3. The molecule has 0 amide bonds. The molecule has 0 aromatic heterocycles. The van der Waals surface area contributed by atoms with Gasteiger partial charge in [0, 0.05) is 6.61 Å². The predicted molar refractivity (Wildman–Crippen MR) is 71.0 cm³/mol. The van der Waals surface area contributed by atoms with Gasteiger partial charge in [0.25, 0.3) is 0 Å². The maximum atomic E-state index is 10.8. The van der Waals surface area contributed by atoms with E-state index in [0.29, 0.717) is 0 Å². The van der Waals surface area contributed by atoms with Crippen molar-refractivity contribution in [1.29, 1.82) is 0 Å². The number of aliphatic carboxylic acids is 1. The number of aliphatic hydroxyl groups is 3. The van der Waals surface area contributed by atoms with Crippen LogP contribution in [0.3, 0.4) is 0 Å². The van der Waals surface area contributed by atoms with Gasteiger partial charge < -0.3 is 34.7 Å². The van der Waals surface area contributed by atoms with Gasteiger partial charge in [-0.05, 0) is 6.42 Å². The van der Waals surface area contributed by atoms with E-state index >= 15 is 0 Å². The average molecular weight is 328 g/mol. The molecule has 0 spiro atoms. The number of unbranched alkanes of at least 4 members (excludes halogenated alkanes) is 5. The topological polar surface area (TPSA) is 119 Å². The molecular formula is C14H25NaO7. The van der Waals surface area contributed by atoms with Gasteiger partial charge in [-0.25, -0.2) is 0 Å². The van der Waals surface area contributed by atoms with Crippen molar-refractivity contribution in [1.82, 2.24) is 0 Å². The Hall–Kier alpha value is 0.270. The van der Waals surface area contributed by atoms with Gasteiger partial charge in [-0.2, -0.15) is 0 Å². The Balaban J connectivity index is 0.00000441. The first-order valence-electron chi connectivity index (χ1n) is 7.51. The summed E-state index contributed by atoms with van der Waals surface area (Å²) in [4.78, 5) is 10.8.